The van der Waals surface area contributed by atoms with Crippen LogP contribution in [0.4, 0.5) is 0 Å². The Morgan fingerprint density at radius 2 is 1.95 bits per heavy atom. The summed E-state index contributed by atoms with van der Waals surface area (Å²) < 4.78 is 26.2. The molecular formula is C13H17N3O4S. The van der Waals surface area contributed by atoms with Gasteiger partial charge in [-0.1, -0.05) is 18.2 Å². The van der Waals surface area contributed by atoms with Gasteiger partial charge in [-0.3, -0.25) is 9.59 Å². The number of carbonyl (C=O) groups excluding carboxylic acids is 2. The van der Waals surface area contributed by atoms with Crippen LogP contribution < -0.4 is 10.0 Å². The highest BCUT2D eigenvalue weighted by Crippen LogP contribution is 2.08. The van der Waals surface area contributed by atoms with Crippen LogP contribution in [0.3, 0.4) is 0 Å². The van der Waals surface area contributed by atoms with Crippen LogP contribution in [0, 0.1) is 0 Å². The molecule has 114 valence electrons. The first-order valence-corrected chi connectivity index (χ1v) is 7.99. The number of nitrogens with zero attached hydrogens (tertiary/aromatic N) is 1. The molecule has 0 aromatic heterocycles. The topological polar surface area (TPSA) is 95.6 Å². The summed E-state index contributed by atoms with van der Waals surface area (Å²) in [6, 6.07) is 6.93. The predicted octanol–water partition coefficient (Wildman–Crippen LogP) is -0.688. The third-order valence-corrected chi connectivity index (χ3v) is 4.59. The molecule has 1 aliphatic rings. The monoisotopic (exact) mass is 311 g/mol. The van der Waals surface area contributed by atoms with Gasteiger partial charge in [0, 0.05) is 26.6 Å². The van der Waals surface area contributed by atoms with Crippen LogP contribution in [0.15, 0.2) is 35.2 Å². The van der Waals surface area contributed by atoms with Gasteiger partial charge in [-0.25, -0.2) is 13.1 Å². The van der Waals surface area contributed by atoms with Crippen molar-refractivity contribution < 1.29 is 18.0 Å². The van der Waals surface area contributed by atoms with Gasteiger partial charge in [-0.15, -0.1) is 0 Å². The molecular weight excluding hydrogens is 294 g/mol. The number of sulfonamides is 1. The predicted molar refractivity (Wildman–Crippen MR) is 75.8 cm³/mol. The van der Waals surface area contributed by atoms with E-state index in [9.17, 15) is 18.0 Å². The van der Waals surface area contributed by atoms with E-state index in [0.717, 1.165) is 0 Å². The minimum absolute atomic E-state index is 0.0255. The molecule has 2 N–H and O–H groups in total. The van der Waals surface area contributed by atoms with E-state index in [1.165, 1.54) is 24.0 Å². The molecule has 2 amide bonds. The van der Waals surface area contributed by atoms with E-state index in [2.05, 4.69) is 5.32 Å². The minimum Gasteiger partial charge on any atom is -0.340 e. The van der Waals surface area contributed by atoms with Gasteiger partial charge in [0.15, 0.2) is 0 Å². The van der Waals surface area contributed by atoms with E-state index in [4.69, 9.17) is 0 Å². The van der Waals surface area contributed by atoms with E-state index in [-0.39, 0.29) is 17.3 Å². The van der Waals surface area contributed by atoms with Crippen molar-refractivity contribution >= 4 is 21.8 Å². The van der Waals surface area contributed by atoms with E-state index < -0.39 is 22.0 Å². The van der Waals surface area contributed by atoms with Gasteiger partial charge < -0.3 is 10.2 Å². The van der Waals surface area contributed by atoms with Crippen molar-refractivity contribution in [1.29, 1.82) is 0 Å². The van der Waals surface area contributed by atoms with Gasteiger partial charge >= 0.3 is 0 Å². The summed E-state index contributed by atoms with van der Waals surface area (Å²) >= 11 is 0. The highest BCUT2D eigenvalue weighted by Gasteiger charge is 2.29. The van der Waals surface area contributed by atoms with E-state index >= 15 is 0 Å². The molecule has 1 aliphatic heterocycles. The van der Waals surface area contributed by atoms with Gasteiger partial charge in [-0.2, -0.15) is 0 Å². The second-order valence-electron chi connectivity index (χ2n) is 4.75. The summed E-state index contributed by atoms with van der Waals surface area (Å²) in [5, 5.41) is 2.91. The van der Waals surface area contributed by atoms with Crippen molar-refractivity contribution in [2.45, 2.75) is 17.9 Å². The number of amides is 2. The zero-order valence-corrected chi connectivity index (χ0v) is 12.4. The first kappa shape index (κ1) is 15.5. The van der Waals surface area contributed by atoms with Gasteiger partial charge in [-0.05, 0) is 12.1 Å². The Morgan fingerprint density at radius 1 is 1.29 bits per heavy atom. The van der Waals surface area contributed by atoms with Crippen LogP contribution in [0.25, 0.3) is 0 Å². The van der Waals surface area contributed by atoms with Gasteiger partial charge in [0.05, 0.1) is 4.90 Å². The van der Waals surface area contributed by atoms with Crippen molar-refractivity contribution in [3.63, 3.8) is 0 Å². The maximum atomic E-state index is 12.1. The number of hydrogen-bond acceptors (Lipinski definition) is 5. The third-order valence-electron chi connectivity index (χ3n) is 3.23. The van der Waals surface area contributed by atoms with Crippen LogP contribution >= 0.6 is 0 Å². The molecule has 1 unspecified atom stereocenters. The van der Waals surface area contributed by atoms with Crippen LogP contribution in [-0.4, -0.2) is 50.8 Å². The highest BCUT2D eigenvalue weighted by atomic mass is 32.2. The smallest absolute Gasteiger partial charge is 0.264 e. The second-order valence-corrected chi connectivity index (χ2v) is 6.44. The molecule has 1 aromatic rings. The zero-order valence-electron chi connectivity index (χ0n) is 11.6. The molecule has 0 saturated carbocycles. The van der Waals surface area contributed by atoms with Gasteiger partial charge in [0.25, 0.3) is 15.9 Å². The standard InChI is InChI=1S/C13H17N3O4S/c1-10(17)16-8-7-14-12(9-16)13(18)15-21(19,20)11-5-3-2-4-6-11/h2-6,12,14H,7-9H2,1H3,(H,15,18). The fraction of sp³-hybridized carbons (Fsp3) is 0.385. The lowest BCUT2D eigenvalue weighted by atomic mass is 10.2. The van der Waals surface area contributed by atoms with Crippen LogP contribution in [0.5, 0.6) is 0 Å². The molecule has 8 heteroatoms. The molecule has 0 radical (unpaired) electrons. The summed E-state index contributed by atoms with van der Waals surface area (Å²) in [7, 11) is -3.89. The van der Waals surface area contributed by atoms with Crippen molar-refractivity contribution in [1.82, 2.24) is 14.9 Å². The van der Waals surface area contributed by atoms with E-state index in [1.807, 2.05) is 4.72 Å². The molecule has 0 aliphatic carbocycles. The molecule has 1 aromatic carbocycles. The molecule has 1 saturated heterocycles. The Balaban J connectivity index is 2.06. The number of nitrogens with one attached hydrogen (secondary N) is 2. The first-order chi connectivity index (χ1) is 9.90. The average Bonchev–Trinajstić information content (AvgIpc) is 2.48. The van der Waals surface area contributed by atoms with Crippen molar-refractivity contribution in [2.75, 3.05) is 19.6 Å². The molecule has 21 heavy (non-hydrogen) atoms. The summed E-state index contributed by atoms with van der Waals surface area (Å²) in [6.45, 7) is 2.53. The minimum atomic E-state index is -3.89. The normalized spacial score (nSPS) is 19.1. The number of carbonyl (C=O) groups is 2. The quantitative estimate of drug-likeness (QED) is 0.770. The zero-order chi connectivity index (χ0) is 15.5. The Bertz CT molecular complexity index is 630. The Labute approximate surface area is 123 Å². The number of rotatable bonds is 3. The number of piperazine rings is 1. The fourth-order valence-electron chi connectivity index (χ4n) is 2.07. The highest BCUT2D eigenvalue weighted by molar-refractivity contribution is 7.90. The number of benzene rings is 1. The SMILES string of the molecule is CC(=O)N1CCNC(C(=O)NS(=O)(=O)c2ccccc2)C1. The summed E-state index contributed by atoms with van der Waals surface area (Å²) in [4.78, 5) is 24.9. The van der Waals surface area contributed by atoms with Crippen molar-refractivity contribution in [3.05, 3.63) is 30.3 Å². The average molecular weight is 311 g/mol. The lowest BCUT2D eigenvalue weighted by Crippen LogP contribution is -2.58. The van der Waals surface area contributed by atoms with E-state index in [1.54, 1.807) is 18.2 Å². The van der Waals surface area contributed by atoms with Gasteiger partial charge in [0.1, 0.15) is 6.04 Å². The number of hydrogen-bond donors (Lipinski definition) is 2. The van der Waals surface area contributed by atoms with Crippen molar-refractivity contribution in [3.8, 4) is 0 Å². The van der Waals surface area contributed by atoms with Crippen molar-refractivity contribution in [2.24, 2.45) is 0 Å². The summed E-state index contributed by atoms with van der Waals surface area (Å²) in [5.41, 5.74) is 0. The fourth-order valence-corrected chi connectivity index (χ4v) is 3.11. The molecule has 0 spiro atoms. The Kier molecular flexibility index (Phi) is 4.59. The van der Waals surface area contributed by atoms with E-state index in [0.29, 0.717) is 13.1 Å². The molecule has 2 rings (SSSR count). The third kappa shape index (κ3) is 3.79. The molecule has 1 atom stereocenters. The second kappa shape index (κ2) is 6.23. The maximum Gasteiger partial charge on any atom is 0.264 e. The largest absolute Gasteiger partial charge is 0.340 e. The van der Waals surface area contributed by atoms with Crippen LogP contribution in [-0.2, 0) is 19.6 Å². The maximum absolute atomic E-state index is 12.1. The molecule has 1 fully saturated rings. The van der Waals surface area contributed by atoms with Crippen LogP contribution in [0.2, 0.25) is 0 Å². The molecule has 1 heterocycles. The molecule has 0 bridgehead atoms. The summed E-state index contributed by atoms with van der Waals surface area (Å²) in [5.74, 6) is -0.801. The van der Waals surface area contributed by atoms with Gasteiger partial charge in [0.2, 0.25) is 5.91 Å². The summed E-state index contributed by atoms with van der Waals surface area (Å²) in [6.07, 6.45) is 0. The Morgan fingerprint density at radius 3 is 2.57 bits per heavy atom. The lowest BCUT2D eigenvalue weighted by molar-refractivity contribution is -0.131. The first-order valence-electron chi connectivity index (χ1n) is 6.51. The molecule has 7 nitrogen and oxygen atoms in total. The van der Waals surface area contributed by atoms with Crippen LogP contribution in [0.1, 0.15) is 6.92 Å². The Hall–Kier alpha value is -1.93. The lowest BCUT2D eigenvalue weighted by Gasteiger charge is -2.32.